The number of carbonyl (C=O) groups excluding carboxylic acids is 1. The van der Waals surface area contributed by atoms with E-state index in [1.165, 1.54) is 257 Å². The topological polar surface area (TPSA) is 108 Å². The number of aliphatic hydroxyl groups is 1. The largest absolute Gasteiger partial charge is 0.756 e. The van der Waals surface area contributed by atoms with Crippen LogP contribution in [0.3, 0.4) is 0 Å². The second kappa shape index (κ2) is 56.4. The Hall–Kier alpha value is -1.28. The Balaban J connectivity index is 4.15. The van der Waals surface area contributed by atoms with E-state index in [1.807, 2.05) is 27.2 Å². The molecule has 3 atom stereocenters. The monoisotopic (exact) mass is 1060 g/mol. The number of phosphoric ester groups is 1. The van der Waals surface area contributed by atoms with E-state index < -0.39 is 26.6 Å². The van der Waals surface area contributed by atoms with Crippen molar-refractivity contribution in [1.29, 1.82) is 0 Å². The molecule has 8 nitrogen and oxygen atoms in total. The normalized spacial score (nSPS) is 14.0. The van der Waals surface area contributed by atoms with Crippen molar-refractivity contribution in [2.75, 3.05) is 40.9 Å². The average Bonchev–Trinajstić information content (AvgIpc) is 3.36. The number of quaternary nitrogens is 1. The number of phosphoric acid groups is 1. The number of nitrogens with zero attached hydrogens (tertiary/aromatic N) is 1. The quantitative estimate of drug-likeness (QED) is 0.0272. The molecule has 1 amide bonds. The van der Waals surface area contributed by atoms with Gasteiger partial charge in [-0.2, -0.15) is 0 Å². The van der Waals surface area contributed by atoms with Gasteiger partial charge in [-0.25, -0.2) is 0 Å². The van der Waals surface area contributed by atoms with Crippen molar-refractivity contribution < 1.29 is 32.9 Å². The van der Waals surface area contributed by atoms with E-state index >= 15 is 0 Å². The smallest absolute Gasteiger partial charge is 0.268 e. The minimum Gasteiger partial charge on any atom is -0.756 e. The van der Waals surface area contributed by atoms with Crippen molar-refractivity contribution in [3.8, 4) is 0 Å². The highest BCUT2D eigenvalue weighted by atomic mass is 31.2. The highest BCUT2D eigenvalue weighted by Gasteiger charge is 2.23. The fraction of sp³-hybridized carbons (Fsp3) is 0.892. The first-order chi connectivity index (χ1) is 36.0. The zero-order valence-corrected chi connectivity index (χ0v) is 51.0. The van der Waals surface area contributed by atoms with Gasteiger partial charge in [0.2, 0.25) is 5.91 Å². The molecule has 0 rings (SSSR count). The number of likely N-dealkylation sites (N-methyl/N-ethyl adjacent to an activating group) is 1. The molecule has 0 heterocycles. The van der Waals surface area contributed by atoms with Gasteiger partial charge < -0.3 is 28.8 Å². The third-order valence-electron chi connectivity index (χ3n) is 14.8. The summed E-state index contributed by atoms with van der Waals surface area (Å²) in [5.41, 5.74) is 0. The number of aliphatic hydroxyl groups excluding tert-OH is 1. The lowest BCUT2D eigenvalue weighted by Gasteiger charge is -2.29. The van der Waals surface area contributed by atoms with Crippen LogP contribution < -0.4 is 10.2 Å². The van der Waals surface area contributed by atoms with E-state index in [1.54, 1.807) is 6.08 Å². The number of carbonyl (C=O) groups is 1. The Bertz CT molecular complexity index is 1300. The van der Waals surface area contributed by atoms with E-state index in [9.17, 15) is 19.4 Å². The maximum Gasteiger partial charge on any atom is 0.268 e. The van der Waals surface area contributed by atoms with Crippen molar-refractivity contribution in [2.24, 2.45) is 0 Å². The van der Waals surface area contributed by atoms with Crippen LogP contribution in [0.4, 0.5) is 0 Å². The van der Waals surface area contributed by atoms with Crippen LogP contribution in [0.2, 0.25) is 0 Å². The van der Waals surface area contributed by atoms with Gasteiger partial charge in [0.1, 0.15) is 13.2 Å². The van der Waals surface area contributed by atoms with Crippen LogP contribution in [0.15, 0.2) is 36.5 Å². The van der Waals surface area contributed by atoms with Crippen LogP contribution in [-0.4, -0.2) is 68.5 Å². The lowest BCUT2D eigenvalue weighted by molar-refractivity contribution is -0.870. The molecule has 0 aliphatic heterocycles. The van der Waals surface area contributed by atoms with E-state index in [0.29, 0.717) is 17.4 Å². The maximum atomic E-state index is 13.0. The van der Waals surface area contributed by atoms with Crippen molar-refractivity contribution in [1.82, 2.24) is 5.32 Å². The summed E-state index contributed by atoms with van der Waals surface area (Å²) in [4.78, 5) is 25.6. The second-order valence-electron chi connectivity index (χ2n) is 23.5. The second-order valence-corrected chi connectivity index (χ2v) is 24.9. The van der Waals surface area contributed by atoms with E-state index in [4.69, 9.17) is 9.05 Å². The van der Waals surface area contributed by atoms with Crippen molar-refractivity contribution in [3.05, 3.63) is 36.5 Å². The minimum atomic E-state index is -4.61. The Morgan fingerprint density at radius 1 is 0.459 bits per heavy atom. The van der Waals surface area contributed by atoms with Crippen LogP contribution >= 0.6 is 7.82 Å². The number of amides is 1. The third kappa shape index (κ3) is 58.4. The number of hydrogen-bond acceptors (Lipinski definition) is 6. The molecular weight excluding hydrogens is 936 g/mol. The van der Waals surface area contributed by atoms with E-state index in [0.717, 1.165) is 44.9 Å². The summed E-state index contributed by atoms with van der Waals surface area (Å²) >= 11 is 0. The molecule has 0 aromatic heterocycles. The molecular formula is C65H127N2O6P. The molecule has 3 unspecified atom stereocenters. The molecule has 0 saturated heterocycles. The zero-order valence-electron chi connectivity index (χ0n) is 50.1. The van der Waals surface area contributed by atoms with Gasteiger partial charge in [-0.15, -0.1) is 0 Å². The van der Waals surface area contributed by atoms with Gasteiger partial charge >= 0.3 is 0 Å². The number of unbranched alkanes of at least 4 members (excludes halogenated alkanes) is 43. The molecule has 0 bridgehead atoms. The number of nitrogens with one attached hydrogen (secondary N) is 1. The van der Waals surface area contributed by atoms with Crippen LogP contribution in [0.1, 0.15) is 322 Å². The Morgan fingerprint density at radius 2 is 0.757 bits per heavy atom. The van der Waals surface area contributed by atoms with Gasteiger partial charge in [-0.3, -0.25) is 9.36 Å². The van der Waals surface area contributed by atoms with Gasteiger partial charge in [0.25, 0.3) is 7.82 Å². The van der Waals surface area contributed by atoms with Gasteiger partial charge in [0.05, 0.1) is 39.9 Å². The first-order valence-corrected chi connectivity index (χ1v) is 33.8. The molecule has 0 radical (unpaired) electrons. The molecule has 74 heavy (non-hydrogen) atoms. The molecule has 9 heteroatoms. The highest BCUT2D eigenvalue weighted by molar-refractivity contribution is 7.45. The highest BCUT2D eigenvalue weighted by Crippen LogP contribution is 2.38. The molecule has 2 N–H and O–H groups in total. The fourth-order valence-corrected chi connectivity index (χ4v) is 10.5. The summed E-state index contributed by atoms with van der Waals surface area (Å²) in [5, 5.41) is 13.9. The summed E-state index contributed by atoms with van der Waals surface area (Å²) in [5.74, 6) is -0.205. The Kier molecular flexibility index (Phi) is 55.5. The third-order valence-corrected chi connectivity index (χ3v) is 15.8. The Morgan fingerprint density at radius 3 is 1.09 bits per heavy atom. The lowest BCUT2D eigenvalue weighted by atomic mass is 10.0. The molecule has 0 aromatic carbocycles. The molecule has 0 aliphatic carbocycles. The predicted molar refractivity (Wildman–Crippen MR) is 321 cm³/mol. The van der Waals surface area contributed by atoms with E-state index in [2.05, 4.69) is 43.5 Å². The van der Waals surface area contributed by atoms with Gasteiger partial charge in [-0.05, 0) is 44.9 Å². The molecule has 0 spiro atoms. The van der Waals surface area contributed by atoms with Crippen molar-refractivity contribution in [3.63, 3.8) is 0 Å². The van der Waals surface area contributed by atoms with Gasteiger partial charge in [-0.1, -0.05) is 307 Å². The molecule has 438 valence electrons. The number of hydrogen-bond donors (Lipinski definition) is 2. The summed E-state index contributed by atoms with van der Waals surface area (Å²) in [7, 11) is 1.25. The first kappa shape index (κ1) is 72.7. The van der Waals surface area contributed by atoms with Crippen LogP contribution in [0.25, 0.3) is 0 Å². The SMILES string of the molecule is CCCCCCCCCCCCCCCC/C=C/CC/C=C/CC/C=C/C(O)C(COP(=O)([O-])OCC[N+](C)(C)C)NC(=O)CCCCCCCCCCCCCCCCCCCCCCCCCCCCCC. The fourth-order valence-electron chi connectivity index (χ4n) is 9.78. The zero-order chi connectivity index (χ0) is 54.2. The Labute approximate surface area is 461 Å². The van der Waals surface area contributed by atoms with Crippen molar-refractivity contribution in [2.45, 2.75) is 334 Å². The van der Waals surface area contributed by atoms with Gasteiger partial charge in [0.15, 0.2) is 0 Å². The summed E-state index contributed by atoms with van der Waals surface area (Å²) in [6, 6.07) is -0.909. The molecule has 0 fully saturated rings. The molecule has 0 aliphatic rings. The van der Waals surface area contributed by atoms with Gasteiger partial charge in [0, 0.05) is 6.42 Å². The van der Waals surface area contributed by atoms with Crippen LogP contribution in [-0.2, 0) is 18.4 Å². The predicted octanol–water partition coefficient (Wildman–Crippen LogP) is 19.5. The maximum absolute atomic E-state index is 13.0. The van der Waals surface area contributed by atoms with Crippen LogP contribution in [0.5, 0.6) is 0 Å². The lowest BCUT2D eigenvalue weighted by Crippen LogP contribution is -2.45. The average molecular weight is 1060 g/mol. The molecule has 0 aromatic rings. The van der Waals surface area contributed by atoms with Crippen molar-refractivity contribution >= 4 is 13.7 Å². The summed E-state index contributed by atoms with van der Waals surface area (Å²) in [6.45, 7) is 4.67. The van der Waals surface area contributed by atoms with E-state index in [-0.39, 0.29) is 12.5 Å². The minimum absolute atomic E-state index is 0.00719. The standard InChI is InChI=1S/C65H127N2O6P/c1-6-8-10-12-14-16-18-20-22-24-26-28-30-32-33-34-35-37-39-41-43-45-47-49-51-53-55-57-59-65(69)66-63(62-73-74(70,71)72-61-60-67(3,4)5)64(68)58-56-54-52-50-48-46-44-42-40-38-36-31-29-27-25-23-21-19-17-15-13-11-9-7-2/h40,42,48,50,56,58,63-64,68H,6-39,41,43-47,49,51-55,57,59-62H2,1-5H3,(H-,66,69,70,71)/b42-40+,50-48+,58-56+. The number of allylic oxidation sites excluding steroid dienone is 5. The molecule has 0 saturated carbocycles. The summed E-state index contributed by atoms with van der Waals surface area (Å²) < 4.78 is 23.4. The number of rotatable bonds is 60. The summed E-state index contributed by atoms with van der Waals surface area (Å²) in [6.07, 6.45) is 74.0. The van der Waals surface area contributed by atoms with Crippen LogP contribution in [0, 0.1) is 0 Å². The first-order valence-electron chi connectivity index (χ1n) is 32.4.